The first-order chi connectivity index (χ1) is 10.3. The summed E-state index contributed by atoms with van der Waals surface area (Å²) in [5, 5.41) is 0. The molecule has 0 aromatic rings. The molecule has 4 nitrogen and oxygen atoms in total. The Balaban J connectivity index is 2.03. The van der Waals surface area contributed by atoms with Gasteiger partial charge in [-0.25, -0.2) is 0 Å². The van der Waals surface area contributed by atoms with E-state index in [0.717, 1.165) is 52.2 Å². The zero-order valence-electron chi connectivity index (χ0n) is 15.4. The van der Waals surface area contributed by atoms with E-state index >= 15 is 0 Å². The maximum Gasteiger partial charge on any atom is 0.0702 e. The molecule has 0 aromatic heterocycles. The monoisotopic (exact) mass is 312 g/mol. The van der Waals surface area contributed by atoms with Crippen LogP contribution in [0.1, 0.15) is 46.5 Å². The minimum Gasteiger partial charge on any atom is -0.377 e. The van der Waals surface area contributed by atoms with Crippen molar-refractivity contribution in [1.29, 1.82) is 0 Å². The lowest BCUT2D eigenvalue weighted by Crippen LogP contribution is -2.52. The predicted molar refractivity (Wildman–Crippen MR) is 91.3 cm³/mol. The van der Waals surface area contributed by atoms with Gasteiger partial charge in [-0.2, -0.15) is 0 Å². The summed E-state index contributed by atoms with van der Waals surface area (Å²) in [4.78, 5) is 4.96. The topological polar surface area (TPSA) is 24.9 Å². The molecule has 4 heteroatoms. The van der Waals surface area contributed by atoms with Gasteiger partial charge >= 0.3 is 0 Å². The Hall–Kier alpha value is -0.160. The lowest BCUT2D eigenvalue weighted by Gasteiger charge is -2.48. The Morgan fingerprint density at radius 2 is 1.91 bits per heavy atom. The highest BCUT2D eigenvalue weighted by atomic mass is 16.5. The molecule has 22 heavy (non-hydrogen) atoms. The van der Waals surface area contributed by atoms with Crippen LogP contribution in [-0.4, -0.2) is 75.0 Å². The van der Waals surface area contributed by atoms with Crippen molar-refractivity contribution in [1.82, 2.24) is 9.80 Å². The van der Waals surface area contributed by atoms with Crippen LogP contribution in [0.3, 0.4) is 0 Å². The van der Waals surface area contributed by atoms with Crippen molar-refractivity contribution in [2.24, 2.45) is 5.41 Å². The molecule has 2 fully saturated rings. The first-order valence-corrected chi connectivity index (χ1v) is 8.97. The third kappa shape index (κ3) is 5.19. The first kappa shape index (κ1) is 18.2. The number of hydrogen-bond acceptors (Lipinski definition) is 4. The molecule has 0 spiro atoms. The van der Waals surface area contributed by atoms with Crippen LogP contribution in [0.15, 0.2) is 0 Å². The van der Waals surface area contributed by atoms with Crippen LogP contribution < -0.4 is 0 Å². The van der Waals surface area contributed by atoms with E-state index < -0.39 is 0 Å². The Morgan fingerprint density at radius 1 is 1.14 bits per heavy atom. The largest absolute Gasteiger partial charge is 0.377 e. The summed E-state index contributed by atoms with van der Waals surface area (Å²) >= 11 is 0. The molecule has 2 heterocycles. The van der Waals surface area contributed by atoms with Crippen molar-refractivity contribution in [3.63, 3.8) is 0 Å². The number of hydrogen-bond donors (Lipinski definition) is 0. The Labute approximate surface area is 137 Å². The summed E-state index contributed by atoms with van der Waals surface area (Å²) in [5.41, 5.74) is 0.331. The van der Waals surface area contributed by atoms with E-state index in [1.54, 1.807) is 0 Å². The van der Waals surface area contributed by atoms with Crippen LogP contribution in [0.5, 0.6) is 0 Å². The van der Waals surface area contributed by atoms with Crippen LogP contribution in [-0.2, 0) is 9.47 Å². The second-order valence-electron chi connectivity index (χ2n) is 8.24. The second kappa shape index (κ2) is 7.61. The molecule has 130 valence electrons. The minimum atomic E-state index is -0.00245. The first-order valence-electron chi connectivity index (χ1n) is 8.97. The molecule has 0 amide bonds. The van der Waals surface area contributed by atoms with Crippen LogP contribution >= 0.6 is 0 Å². The molecule has 2 saturated heterocycles. The molecule has 0 aromatic carbocycles. The van der Waals surface area contributed by atoms with E-state index in [-0.39, 0.29) is 5.60 Å². The van der Waals surface area contributed by atoms with E-state index in [9.17, 15) is 0 Å². The Bertz CT molecular complexity index is 340. The van der Waals surface area contributed by atoms with Crippen LogP contribution in [0, 0.1) is 5.41 Å². The number of likely N-dealkylation sites (N-methyl/N-ethyl adjacent to an activating group) is 1. The van der Waals surface area contributed by atoms with Crippen LogP contribution in [0.2, 0.25) is 0 Å². The standard InChI is InChI=1S/C18H36N2O2/c1-6-20(12-16-8-7-10-21-16)15-18(14-19(4)5)9-11-22-17(2,3)13-18/h16H,6-15H2,1-5H3/t16-,18+/m0/s1. The number of nitrogens with zero attached hydrogens (tertiary/aromatic N) is 2. The summed E-state index contributed by atoms with van der Waals surface area (Å²) in [7, 11) is 4.39. The van der Waals surface area contributed by atoms with Crippen molar-refractivity contribution >= 4 is 0 Å². The molecule has 2 rings (SSSR count). The van der Waals surface area contributed by atoms with Crippen molar-refractivity contribution < 1.29 is 9.47 Å². The van der Waals surface area contributed by atoms with Gasteiger partial charge in [-0.05, 0) is 60.2 Å². The van der Waals surface area contributed by atoms with Crippen LogP contribution in [0.4, 0.5) is 0 Å². The third-order valence-electron chi connectivity index (χ3n) is 5.07. The summed E-state index contributed by atoms with van der Waals surface area (Å²) in [6, 6.07) is 0. The zero-order chi connectivity index (χ0) is 16.2. The summed E-state index contributed by atoms with van der Waals surface area (Å²) in [5.74, 6) is 0. The normalized spacial score (nSPS) is 32.0. The highest BCUT2D eigenvalue weighted by Gasteiger charge is 2.42. The van der Waals surface area contributed by atoms with Gasteiger partial charge in [0.1, 0.15) is 0 Å². The highest BCUT2D eigenvalue weighted by molar-refractivity contribution is 4.94. The van der Waals surface area contributed by atoms with Crippen molar-refractivity contribution in [3.8, 4) is 0 Å². The van der Waals surface area contributed by atoms with E-state index in [1.807, 2.05) is 0 Å². The molecule has 0 N–H and O–H groups in total. The fraction of sp³-hybridized carbons (Fsp3) is 1.00. The fourth-order valence-corrected chi connectivity index (χ4v) is 4.43. The minimum absolute atomic E-state index is 0.00245. The van der Waals surface area contributed by atoms with Gasteiger partial charge in [0.25, 0.3) is 0 Å². The van der Waals surface area contributed by atoms with E-state index in [1.165, 1.54) is 12.8 Å². The van der Waals surface area contributed by atoms with Gasteiger partial charge in [-0.1, -0.05) is 6.92 Å². The lowest BCUT2D eigenvalue weighted by molar-refractivity contribution is -0.118. The van der Waals surface area contributed by atoms with Crippen LogP contribution in [0.25, 0.3) is 0 Å². The molecule has 0 bridgehead atoms. The van der Waals surface area contributed by atoms with Gasteiger partial charge in [0.2, 0.25) is 0 Å². The zero-order valence-corrected chi connectivity index (χ0v) is 15.4. The molecule has 2 aliphatic rings. The van der Waals surface area contributed by atoms with E-state index in [0.29, 0.717) is 11.5 Å². The van der Waals surface area contributed by atoms with E-state index in [4.69, 9.17) is 9.47 Å². The summed E-state index contributed by atoms with van der Waals surface area (Å²) < 4.78 is 11.8. The van der Waals surface area contributed by atoms with Gasteiger partial charge in [0, 0.05) is 38.3 Å². The summed E-state index contributed by atoms with van der Waals surface area (Å²) in [6.45, 7) is 13.1. The number of rotatable bonds is 7. The maximum atomic E-state index is 5.99. The average Bonchev–Trinajstić information content (AvgIpc) is 2.88. The van der Waals surface area contributed by atoms with Gasteiger partial charge in [-0.15, -0.1) is 0 Å². The molecule has 0 unspecified atom stereocenters. The maximum absolute atomic E-state index is 5.99. The van der Waals surface area contributed by atoms with Crippen molar-refractivity contribution in [2.75, 3.05) is 53.5 Å². The Morgan fingerprint density at radius 3 is 2.45 bits per heavy atom. The lowest BCUT2D eigenvalue weighted by atomic mass is 9.73. The molecular weight excluding hydrogens is 276 g/mol. The van der Waals surface area contributed by atoms with Gasteiger partial charge in [-0.3, -0.25) is 0 Å². The van der Waals surface area contributed by atoms with Gasteiger partial charge in [0.05, 0.1) is 11.7 Å². The molecule has 2 aliphatic heterocycles. The quantitative estimate of drug-likeness (QED) is 0.721. The highest BCUT2D eigenvalue weighted by Crippen LogP contribution is 2.40. The van der Waals surface area contributed by atoms with Gasteiger partial charge < -0.3 is 19.3 Å². The third-order valence-corrected chi connectivity index (χ3v) is 5.07. The molecule has 0 aliphatic carbocycles. The fourth-order valence-electron chi connectivity index (χ4n) is 4.43. The second-order valence-corrected chi connectivity index (χ2v) is 8.24. The predicted octanol–water partition coefficient (Wildman–Crippen LogP) is 2.62. The molecular formula is C18H36N2O2. The van der Waals surface area contributed by atoms with Gasteiger partial charge in [0.15, 0.2) is 0 Å². The van der Waals surface area contributed by atoms with Crippen molar-refractivity contribution in [2.45, 2.75) is 58.2 Å². The molecule has 0 radical (unpaired) electrons. The molecule has 2 atom stereocenters. The van der Waals surface area contributed by atoms with Crippen molar-refractivity contribution in [3.05, 3.63) is 0 Å². The summed E-state index contributed by atoms with van der Waals surface area (Å²) in [6.07, 6.45) is 5.21. The van der Waals surface area contributed by atoms with E-state index in [2.05, 4.69) is 44.7 Å². The smallest absolute Gasteiger partial charge is 0.0702 e. The Kier molecular flexibility index (Phi) is 6.29. The number of ether oxygens (including phenoxy) is 2. The SMILES string of the molecule is CCN(C[C@@H]1CCCO1)C[C@]1(CN(C)C)CCOC(C)(C)C1. The average molecular weight is 312 g/mol. The molecule has 0 saturated carbocycles.